The average molecular weight is 385 g/mol. The lowest BCUT2D eigenvalue weighted by atomic mass is 9.95. The minimum Gasteiger partial charge on any atom is -0.508 e. The summed E-state index contributed by atoms with van der Waals surface area (Å²) < 4.78 is 0. The Morgan fingerprint density at radius 1 is 0.862 bits per heavy atom. The number of carbonyl (C=O) groups excluding carboxylic acids is 2. The predicted octanol–water partition coefficient (Wildman–Crippen LogP) is 4.33. The van der Waals surface area contributed by atoms with E-state index in [1.165, 1.54) is 17.0 Å². The van der Waals surface area contributed by atoms with E-state index in [4.69, 9.17) is 0 Å². The second kappa shape index (κ2) is 7.28. The van der Waals surface area contributed by atoms with Crippen LogP contribution in [-0.2, 0) is 9.59 Å². The van der Waals surface area contributed by atoms with E-state index in [2.05, 4.69) is 0 Å². The molecule has 29 heavy (non-hydrogen) atoms. The number of aryl methyl sites for hydroxylation is 1. The third-order valence-corrected chi connectivity index (χ3v) is 5.01. The van der Waals surface area contributed by atoms with Gasteiger partial charge in [0.15, 0.2) is 0 Å². The largest absolute Gasteiger partial charge is 0.508 e. The van der Waals surface area contributed by atoms with Crippen LogP contribution in [0.4, 0.5) is 5.69 Å². The molecule has 1 atom stereocenters. The maximum Gasteiger partial charge on any atom is 0.300 e. The molecule has 5 nitrogen and oxygen atoms in total. The number of carbonyl (C=O) groups is 2. The number of rotatable bonds is 3. The number of amides is 1. The standard InChI is InChI=1S/C24H19NO4/c1-15-7-9-17(10-8-15)22(27)20-21(16-5-3-2-4-6-16)25(24(29)23(20)28)18-11-13-19(26)14-12-18/h2-14,21,26-27H,1H3. The van der Waals surface area contributed by atoms with Gasteiger partial charge in [0.2, 0.25) is 0 Å². The number of hydrogen-bond acceptors (Lipinski definition) is 4. The molecule has 1 amide bonds. The topological polar surface area (TPSA) is 77.8 Å². The van der Waals surface area contributed by atoms with Crippen molar-refractivity contribution in [3.8, 4) is 5.75 Å². The third kappa shape index (κ3) is 3.27. The van der Waals surface area contributed by atoms with Crippen LogP contribution in [0.25, 0.3) is 5.76 Å². The minimum atomic E-state index is -0.776. The van der Waals surface area contributed by atoms with Gasteiger partial charge in [0, 0.05) is 11.3 Å². The first-order valence-corrected chi connectivity index (χ1v) is 9.19. The third-order valence-electron chi connectivity index (χ3n) is 5.01. The summed E-state index contributed by atoms with van der Waals surface area (Å²) in [6.07, 6.45) is 0. The van der Waals surface area contributed by atoms with Crippen molar-refractivity contribution in [3.63, 3.8) is 0 Å². The first-order valence-electron chi connectivity index (χ1n) is 9.19. The molecule has 1 fully saturated rings. The molecule has 0 spiro atoms. The molecule has 0 bridgehead atoms. The number of phenolic OH excluding ortho intramolecular Hbond substituents is 1. The molecule has 3 aromatic carbocycles. The van der Waals surface area contributed by atoms with Crippen LogP contribution in [0.15, 0.2) is 84.4 Å². The molecular formula is C24H19NO4. The molecule has 0 radical (unpaired) electrons. The fourth-order valence-corrected chi connectivity index (χ4v) is 3.53. The van der Waals surface area contributed by atoms with Crippen LogP contribution in [0.3, 0.4) is 0 Å². The molecule has 4 rings (SSSR count). The maximum absolute atomic E-state index is 13.0. The predicted molar refractivity (Wildman–Crippen MR) is 111 cm³/mol. The number of Topliss-reactive ketones (excluding diaryl/α,β-unsaturated/α-hetero) is 1. The highest BCUT2D eigenvalue weighted by atomic mass is 16.3. The zero-order valence-corrected chi connectivity index (χ0v) is 15.7. The lowest BCUT2D eigenvalue weighted by Crippen LogP contribution is -2.29. The molecule has 144 valence electrons. The highest BCUT2D eigenvalue weighted by Gasteiger charge is 2.46. The first kappa shape index (κ1) is 18.5. The van der Waals surface area contributed by atoms with Crippen LogP contribution in [0.2, 0.25) is 0 Å². The normalized spacial score (nSPS) is 18.2. The summed E-state index contributed by atoms with van der Waals surface area (Å²) in [5, 5.41) is 20.6. The molecule has 1 unspecified atom stereocenters. The monoisotopic (exact) mass is 385 g/mol. The number of ketones is 1. The van der Waals surface area contributed by atoms with Crippen LogP contribution >= 0.6 is 0 Å². The minimum absolute atomic E-state index is 0.0399. The summed E-state index contributed by atoms with van der Waals surface area (Å²) in [5.74, 6) is -1.62. The Hall–Kier alpha value is -3.86. The Balaban J connectivity index is 1.93. The van der Waals surface area contributed by atoms with Gasteiger partial charge in [-0.1, -0.05) is 60.2 Å². The molecule has 1 aliphatic rings. The van der Waals surface area contributed by atoms with Crippen molar-refractivity contribution >= 4 is 23.1 Å². The van der Waals surface area contributed by atoms with E-state index in [9.17, 15) is 19.8 Å². The summed E-state index contributed by atoms with van der Waals surface area (Å²) in [5.41, 5.74) is 2.69. The number of aliphatic hydroxyl groups is 1. The van der Waals surface area contributed by atoms with Gasteiger partial charge in [-0.2, -0.15) is 0 Å². The molecule has 0 aliphatic carbocycles. The SMILES string of the molecule is Cc1ccc(C(O)=C2C(=O)C(=O)N(c3ccc(O)cc3)C2c2ccccc2)cc1. The number of nitrogens with zero attached hydrogens (tertiary/aromatic N) is 1. The van der Waals surface area contributed by atoms with E-state index in [1.54, 1.807) is 24.3 Å². The van der Waals surface area contributed by atoms with Gasteiger partial charge in [0.1, 0.15) is 11.5 Å². The van der Waals surface area contributed by atoms with Gasteiger partial charge in [0.05, 0.1) is 11.6 Å². The van der Waals surface area contributed by atoms with Crippen molar-refractivity contribution in [2.75, 3.05) is 4.90 Å². The number of phenols is 1. The van der Waals surface area contributed by atoms with E-state index in [1.807, 2.05) is 49.4 Å². The lowest BCUT2D eigenvalue weighted by Gasteiger charge is -2.25. The van der Waals surface area contributed by atoms with Gasteiger partial charge < -0.3 is 10.2 Å². The van der Waals surface area contributed by atoms with Crippen LogP contribution < -0.4 is 4.90 Å². The van der Waals surface area contributed by atoms with Crippen LogP contribution in [0.5, 0.6) is 5.75 Å². The molecule has 2 N–H and O–H groups in total. The van der Waals surface area contributed by atoms with E-state index < -0.39 is 17.7 Å². The molecule has 1 saturated heterocycles. The van der Waals surface area contributed by atoms with E-state index in [0.29, 0.717) is 16.8 Å². The van der Waals surface area contributed by atoms with Gasteiger partial charge in [-0.25, -0.2) is 0 Å². The van der Waals surface area contributed by atoms with Gasteiger partial charge >= 0.3 is 0 Å². The Bertz CT molecular complexity index is 1100. The fourth-order valence-electron chi connectivity index (χ4n) is 3.53. The maximum atomic E-state index is 13.0. The first-order chi connectivity index (χ1) is 14.0. The van der Waals surface area contributed by atoms with Crippen molar-refractivity contribution in [3.05, 3.63) is 101 Å². The molecule has 0 aromatic heterocycles. The number of aliphatic hydroxyl groups excluding tert-OH is 1. The Morgan fingerprint density at radius 2 is 1.48 bits per heavy atom. The zero-order chi connectivity index (χ0) is 20.5. The Kier molecular flexibility index (Phi) is 4.64. The molecule has 1 heterocycles. The van der Waals surface area contributed by atoms with Gasteiger partial charge in [-0.15, -0.1) is 0 Å². The lowest BCUT2D eigenvalue weighted by molar-refractivity contribution is -0.132. The van der Waals surface area contributed by atoms with Crippen LogP contribution in [-0.4, -0.2) is 21.9 Å². The molecule has 3 aromatic rings. The van der Waals surface area contributed by atoms with Crippen LogP contribution in [0.1, 0.15) is 22.7 Å². The Labute approximate surface area is 168 Å². The molecule has 0 saturated carbocycles. The highest BCUT2D eigenvalue weighted by Crippen LogP contribution is 2.42. The second-order valence-corrected chi connectivity index (χ2v) is 6.96. The van der Waals surface area contributed by atoms with Crippen LogP contribution in [0, 0.1) is 6.92 Å². The fraction of sp³-hybridized carbons (Fsp3) is 0.0833. The summed E-state index contributed by atoms with van der Waals surface area (Å²) in [4.78, 5) is 27.3. The number of anilines is 1. The summed E-state index contributed by atoms with van der Waals surface area (Å²) in [6.45, 7) is 1.93. The summed E-state index contributed by atoms with van der Waals surface area (Å²) >= 11 is 0. The summed E-state index contributed by atoms with van der Waals surface area (Å²) in [7, 11) is 0. The highest BCUT2D eigenvalue weighted by molar-refractivity contribution is 6.51. The van der Waals surface area contributed by atoms with Gasteiger partial charge in [0.25, 0.3) is 11.7 Å². The van der Waals surface area contributed by atoms with Gasteiger partial charge in [-0.05, 0) is 36.8 Å². The van der Waals surface area contributed by atoms with Crippen molar-refractivity contribution < 1.29 is 19.8 Å². The summed E-state index contributed by atoms with van der Waals surface area (Å²) in [6, 6.07) is 21.5. The number of hydrogen-bond donors (Lipinski definition) is 2. The number of aromatic hydroxyl groups is 1. The van der Waals surface area contributed by atoms with E-state index in [-0.39, 0.29) is 17.1 Å². The molecule has 5 heteroatoms. The van der Waals surface area contributed by atoms with Crippen molar-refractivity contribution in [1.82, 2.24) is 0 Å². The smallest absolute Gasteiger partial charge is 0.300 e. The van der Waals surface area contributed by atoms with E-state index in [0.717, 1.165) is 5.56 Å². The molecule has 1 aliphatic heterocycles. The van der Waals surface area contributed by atoms with Crippen molar-refractivity contribution in [2.45, 2.75) is 13.0 Å². The van der Waals surface area contributed by atoms with Crippen molar-refractivity contribution in [2.24, 2.45) is 0 Å². The Morgan fingerprint density at radius 3 is 2.10 bits per heavy atom. The zero-order valence-electron chi connectivity index (χ0n) is 15.7. The van der Waals surface area contributed by atoms with E-state index >= 15 is 0 Å². The second-order valence-electron chi connectivity index (χ2n) is 6.96. The number of benzene rings is 3. The van der Waals surface area contributed by atoms with Crippen molar-refractivity contribution in [1.29, 1.82) is 0 Å². The van der Waals surface area contributed by atoms with Gasteiger partial charge in [-0.3, -0.25) is 14.5 Å². The molecular weight excluding hydrogens is 366 g/mol. The average Bonchev–Trinajstić information content (AvgIpc) is 3.00. The quantitative estimate of drug-likeness (QED) is 0.400.